The number of aryl methyl sites for hydroxylation is 1. The van der Waals surface area contributed by atoms with Gasteiger partial charge in [0.25, 0.3) is 5.91 Å². The van der Waals surface area contributed by atoms with Crippen molar-refractivity contribution < 1.29 is 9.53 Å². The fourth-order valence-electron chi connectivity index (χ4n) is 3.10. The number of nitrogens with one attached hydrogen (secondary N) is 2. The number of hydrogen-bond acceptors (Lipinski definition) is 6. The maximum Gasteiger partial charge on any atom is 0.271 e. The van der Waals surface area contributed by atoms with Gasteiger partial charge < -0.3 is 15.4 Å². The first-order valence-corrected chi connectivity index (χ1v) is 10.2. The highest BCUT2D eigenvalue weighted by Gasteiger charge is 2.18. The second kappa shape index (κ2) is 8.99. The number of hydrogen-bond donors (Lipinski definition) is 2. The van der Waals surface area contributed by atoms with Crippen molar-refractivity contribution in [3.8, 4) is 5.82 Å². The highest BCUT2D eigenvalue weighted by molar-refractivity contribution is 6.42. The topological polar surface area (TPSA) is 94.0 Å². The number of carbonyl (C=O) groups is 1. The van der Waals surface area contributed by atoms with E-state index in [1.54, 1.807) is 41.5 Å². The van der Waals surface area contributed by atoms with Crippen LogP contribution in [0.15, 0.2) is 36.9 Å². The van der Waals surface area contributed by atoms with Gasteiger partial charge in [0.15, 0.2) is 0 Å². The van der Waals surface area contributed by atoms with Crippen LogP contribution in [-0.4, -0.2) is 44.7 Å². The number of amides is 1. The minimum atomic E-state index is -0.321. The third-order valence-corrected chi connectivity index (χ3v) is 5.60. The van der Waals surface area contributed by atoms with E-state index in [2.05, 4.69) is 25.6 Å². The normalized spacial score (nSPS) is 15.9. The molecule has 30 heavy (non-hydrogen) atoms. The average molecular weight is 447 g/mol. The lowest BCUT2D eigenvalue weighted by atomic mass is 10.2. The summed E-state index contributed by atoms with van der Waals surface area (Å²) in [6.07, 6.45) is 5.84. The van der Waals surface area contributed by atoms with Gasteiger partial charge in [-0.1, -0.05) is 35.3 Å². The summed E-state index contributed by atoms with van der Waals surface area (Å²) < 4.78 is 7.08. The zero-order valence-corrected chi connectivity index (χ0v) is 17.7. The Bertz CT molecular complexity index is 1070. The van der Waals surface area contributed by atoms with Crippen LogP contribution in [0, 0.1) is 6.92 Å². The molecule has 1 aliphatic rings. The van der Waals surface area contributed by atoms with Crippen molar-refractivity contribution in [1.82, 2.24) is 24.8 Å². The number of carbonyl (C=O) groups excluding carboxylic acids is 1. The molecule has 0 spiro atoms. The zero-order chi connectivity index (χ0) is 21.1. The predicted molar refractivity (Wildman–Crippen MR) is 114 cm³/mol. The predicted octanol–water partition coefficient (Wildman–Crippen LogP) is 3.41. The molecule has 0 unspecified atom stereocenters. The van der Waals surface area contributed by atoms with E-state index >= 15 is 0 Å². The van der Waals surface area contributed by atoms with Crippen LogP contribution >= 0.6 is 23.2 Å². The van der Waals surface area contributed by atoms with Gasteiger partial charge >= 0.3 is 0 Å². The highest BCUT2D eigenvalue weighted by atomic mass is 35.5. The summed E-state index contributed by atoms with van der Waals surface area (Å²) in [6, 6.07) is 5.49. The zero-order valence-electron chi connectivity index (χ0n) is 16.2. The number of rotatable bonds is 6. The number of halogens is 2. The first kappa shape index (κ1) is 20.6. The first-order chi connectivity index (χ1) is 14.5. The fourth-order valence-corrected chi connectivity index (χ4v) is 3.49. The molecule has 8 nitrogen and oxygen atoms in total. The molecular formula is C20H20Cl2N6O2. The van der Waals surface area contributed by atoms with E-state index in [0.29, 0.717) is 28.4 Å². The van der Waals surface area contributed by atoms with Gasteiger partial charge in [0.2, 0.25) is 5.95 Å². The number of aromatic nitrogens is 4. The molecule has 1 fully saturated rings. The Kier molecular flexibility index (Phi) is 6.17. The Morgan fingerprint density at radius 1 is 1.33 bits per heavy atom. The van der Waals surface area contributed by atoms with Gasteiger partial charge in [0, 0.05) is 31.1 Å². The van der Waals surface area contributed by atoms with Gasteiger partial charge in [-0.15, -0.1) is 0 Å². The molecule has 156 valence electrons. The van der Waals surface area contributed by atoms with Crippen LogP contribution in [0.1, 0.15) is 28.0 Å². The first-order valence-electron chi connectivity index (χ1n) is 9.44. The molecule has 3 heterocycles. The van der Waals surface area contributed by atoms with Gasteiger partial charge in [0.1, 0.15) is 17.8 Å². The largest absolute Gasteiger partial charge is 0.379 e. The van der Waals surface area contributed by atoms with Crippen molar-refractivity contribution >= 4 is 35.1 Å². The van der Waals surface area contributed by atoms with Gasteiger partial charge in [-0.2, -0.15) is 4.98 Å². The third kappa shape index (κ3) is 4.56. The van der Waals surface area contributed by atoms with Crippen LogP contribution in [0.2, 0.25) is 10.0 Å². The number of nitrogens with zero attached hydrogens (tertiary/aromatic N) is 4. The van der Waals surface area contributed by atoms with Gasteiger partial charge in [0.05, 0.1) is 22.7 Å². The number of benzene rings is 1. The molecular weight excluding hydrogens is 427 g/mol. The molecule has 1 atom stereocenters. The molecule has 2 aromatic heterocycles. The Hall–Kier alpha value is -2.68. The van der Waals surface area contributed by atoms with Gasteiger partial charge in [-0.25, -0.2) is 9.97 Å². The monoisotopic (exact) mass is 446 g/mol. The Labute approximate surface area is 183 Å². The Balaban J connectivity index is 1.46. The molecule has 4 rings (SSSR count). The summed E-state index contributed by atoms with van der Waals surface area (Å²) in [5.41, 5.74) is 1.86. The smallest absolute Gasteiger partial charge is 0.271 e. The quantitative estimate of drug-likeness (QED) is 0.602. The molecule has 1 amide bonds. The summed E-state index contributed by atoms with van der Waals surface area (Å²) in [5, 5.41) is 6.95. The molecule has 3 aromatic rings. The summed E-state index contributed by atoms with van der Waals surface area (Å²) in [6.45, 7) is 3.52. The van der Waals surface area contributed by atoms with E-state index in [1.807, 2.05) is 6.92 Å². The minimum absolute atomic E-state index is 0.197. The van der Waals surface area contributed by atoms with E-state index in [9.17, 15) is 4.79 Å². The lowest BCUT2D eigenvalue weighted by molar-refractivity contribution is 0.0946. The van der Waals surface area contributed by atoms with Crippen molar-refractivity contribution in [2.24, 2.45) is 0 Å². The van der Waals surface area contributed by atoms with Crippen LogP contribution in [-0.2, 0) is 11.3 Å². The van der Waals surface area contributed by atoms with Crippen molar-refractivity contribution in [2.45, 2.75) is 25.9 Å². The SMILES string of the molecule is Cc1cnc(N[C@H]2CCOC2)nc1-n1cnc(C(=O)NCc2cccc(Cl)c2Cl)c1. The van der Waals surface area contributed by atoms with E-state index in [0.717, 1.165) is 24.2 Å². The van der Waals surface area contributed by atoms with Crippen molar-refractivity contribution in [3.63, 3.8) is 0 Å². The van der Waals surface area contributed by atoms with Crippen LogP contribution in [0.25, 0.3) is 5.82 Å². The number of ether oxygens (including phenoxy) is 1. The van der Waals surface area contributed by atoms with Crippen molar-refractivity contribution in [3.05, 3.63) is 63.8 Å². The third-order valence-electron chi connectivity index (χ3n) is 4.74. The maximum atomic E-state index is 12.5. The molecule has 1 aromatic carbocycles. The molecule has 0 bridgehead atoms. The standard InChI is InChI=1S/C20H20Cl2N6O2/c1-12-7-24-20(26-14-5-6-30-10-14)27-18(12)28-9-16(25-11-28)19(29)23-8-13-3-2-4-15(21)17(13)22/h2-4,7,9,11,14H,5-6,8,10H2,1H3,(H,23,29)(H,24,26,27)/t14-/m0/s1. The molecule has 0 radical (unpaired) electrons. The Morgan fingerprint density at radius 2 is 2.20 bits per heavy atom. The second-order valence-corrected chi connectivity index (χ2v) is 7.75. The highest BCUT2D eigenvalue weighted by Crippen LogP contribution is 2.25. The molecule has 10 heteroatoms. The molecule has 2 N–H and O–H groups in total. The second-order valence-electron chi connectivity index (χ2n) is 6.97. The van der Waals surface area contributed by atoms with E-state index in [4.69, 9.17) is 27.9 Å². The molecule has 1 aliphatic heterocycles. The number of imidazole rings is 1. The summed E-state index contributed by atoms with van der Waals surface area (Å²) in [7, 11) is 0. The van der Waals surface area contributed by atoms with E-state index in [-0.39, 0.29) is 24.2 Å². The van der Waals surface area contributed by atoms with Crippen LogP contribution in [0.4, 0.5) is 5.95 Å². The summed E-state index contributed by atoms with van der Waals surface area (Å²) in [5.74, 6) is 0.843. The average Bonchev–Trinajstić information content (AvgIpc) is 3.42. The van der Waals surface area contributed by atoms with E-state index < -0.39 is 0 Å². The molecule has 1 saturated heterocycles. The fraction of sp³-hybridized carbons (Fsp3) is 0.300. The Morgan fingerprint density at radius 3 is 3.00 bits per heavy atom. The lowest BCUT2D eigenvalue weighted by Gasteiger charge is -2.12. The minimum Gasteiger partial charge on any atom is -0.379 e. The summed E-state index contributed by atoms with van der Waals surface area (Å²) in [4.78, 5) is 25.6. The van der Waals surface area contributed by atoms with Crippen molar-refractivity contribution in [2.75, 3.05) is 18.5 Å². The molecule has 0 saturated carbocycles. The van der Waals surface area contributed by atoms with E-state index in [1.165, 1.54) is 0 Å². The number of anilines is 1. The summed E-state index contributed by atoms with van der Waals surface area (Å²) >= 11 is 12.2. The van der Waals surface area contributed by atoms with Crippen LogP contribution < -0.4 is 10.6 Å². The van der Waals surface area contributed by atoms with Crippen LogP contribution in [0.3, 0.4) is 0 Å². The van der Waals surface area contributed by atoms with Crippen LogP contribution in [0.5, 0.6) is 0 Å². The van der Waals surface area contributed by atoms with Gasteiger partial charge in [-0.05, 0) is 25.0 Å². The molecule has 0 aliphatic carbocycles. The maximum absolute atomic E-state index is 12.5. The lowest BCUT2D eigenvalue weighted by Crippen LogP contribution is -2.23. The van der Waals surface area contributed by atoms with Gasteiger partial charge in [-0.3, -0.25) is 9.36 Å². The van der Waals surface area contributed by atoms with Crippen molar-refractivity contribution in [1.29, 1.82) is 0 Å².